The van der Waals surface area contributed by atoms with Gasteiger partial charge in [-0.1, -0.05) is 5.16 Å². The summed E-state index contributed by atoms with van der Waals surface area (Å²) in [5, 5.41) is 13.2. The zero-order chi connectivity index (χ0) is 11.0. The molecular weight excluding hydrogens is 192 g/mol. The number of amides is 3. The van der Waals surface area contributed by atoms with Crippen LogP contribution in [0.5, 0.6) is 0 Å². The molecule has 0 aliphatic heterocycles. The number of carbonyl (C=O) groups is 2. The molecule has 0 aromatic rings. The van der Waals surface area contributed by atoms with Crippen LogP contribution >= 0.6 is 0 Å². The summed E-state index contributed by atoms with van der Waals surface area (Å²) < 4.78 is 0. The average molecular weight is 199 g/mol. The molecule has 8 nitrogen and oxygen atoms in total. The van der Waals surface area contributed by atoms with Crippen LogP contribution in [0.1, 0.15) is 0 Å². The molecule has 0 aliphatic rings. The van der Waals surface area contributed by atoms with Crippen molar-refractivity contribution in [2.24, 2.45) is 5.16 Å². The van der Waals surface area contributed by atoms with Gasteiger partial charge in [-0.2, -0.15) is 5.26 Å². The molecule has 0 aromatic heterocycles. The Morgan fingerprint density at radius 2 is 2.21 bits per heavy atom. The van der Waals surface area contributed by atoms with Gasteiger partial charge in [-0.15, -0.1) is 0 Å². The van der Waals surface area contributed by atoms with Gasteiger partial charge < -0.3 is 4.84 Å². The Morgan fingerprint density at radius 1 is 1.57 bits per heavy atom. The highest BCUT2D eigenvalue weighted by atomic mass is 16.6. The molecule has 0 saturated heterocycles. The standard InChI is InChI=1S/C6H7N4O4/c1-13-9-4(3-7)5(11)8-6(12)10-14-2/h2H2,1H3,(H2,8,10,11,12). The molecule has 0 spiro atoms. The van der Waals surface area contributed by atoms with Gasteiger partial charge in [0.1, 0.15) is 20.3 Å². The lowest BCUT2D eigenvalue weighted by molar-refractivity contribution is -0.114. The minimum atomic E-state index is -1.01. The molecule has 8 heteroatoms. The van der Waals surface area contributed by atoms with Crippen molar-refractivity contribution in [1.82, 2.24) is 10.8 Å². The molecular formula is C6H7N4O4. The zero-order valence-electron chi connectivity index (χ0n) is 7.23. The molecule has 0 saturated carbocycles. The largest absolute Gasteiger partial charge is 0.398 e. The second kappa shape index (κ2) is 6.38. The molecule has 3 amide bonds. The molecule has 2 N–H and O–H groups in total. The first-order valence-corrected chi connectivity index (χ1v) is 3.19. The number of hydrogen-bond donors (Lipinski definition) is 2. The van der Waals surface area contributed by atoms with Crippen LogP contribution in [-0.2, 0) is 14.5 Å². The highest BCUT2D eigenvalue weighted by molar-refractivity contribution is 6.46. The number of hydroxylamine groups is 1. The Balaban J connectivity index is 4.27. The smallest absolute Gasteiger partial charge is 0.345 e. The SMILES string of the molecule is [CH2]ONC(=O)NC(=O)C(C#N)=NOC. The minimum absolute atomic E-state index is 0.591. The van der Waals surface area contributed by atoms with Crippen molar-refractivity contribution in [3.05, 3.63) is 7.11 Å². The third kappa shape index (κ3) is 4.03. The van der Waals surface area contributed by atoms with E-state index in [1.54, 1.807) is 10.8 Å². The fourth-order valence-corrected chi connectivity index (χ4v) is 0.457. The first-order valence-electron chi connectivity index (χ1n) is 3.19. The van der Waals surface area contributed by atoms with Gasteiger partial charge in [-0.05, 0) is 0 Å². The molecule has 0 atom stereocenters. The summed E-state index contributed by atoms with van der Waals surface area (Å²) in [6.45, 7) is 0. The lowest BCUT2D eigenvalue weighted by Gasteiger charge is -2.01. The minimum Gasteiger partial charge on any atom is -0.398 e. The number of oxime groups is 1. The summed E-state index contributed by atoms with van der Waals surface area (Å²) in [7, 11) is 3.99. The molecule has 14 heavy (non-hydrogen) atoms. The van der Waals surface area contributed by atoms with E-state index >= 15 is 0 Å². The Labute approximate surface area is 79.4 Å². The van der Waals surface area contributed by atoms with Gasteiger partial charge in [-0.3, -0.25) is 14.9 Å². The summed E-state index contributed by atoms with van der Waals surface area (Å²) in [4.78, 5) is 29.8. The number of nitrogens with one attached hydrogen (secondary N) is 2. The zero-order valence-corrected chi connectivity index (χ0v) is 7.23. The predicted molar refractivity (Wildman–Crippen MR) is 43.2 cm³/mol. The van der Waals surface area contributed by atoms with Crippen molar-refractivity contribution < 1.29 is 19.3 Å². The summed E-state index contributed by atoms with van der Waals surface area (Å²) in [6, 6.07) is 0.458. The van der Waals surface area contributed by atoms with Crippen LogP contribution in [0.3, 0.4) is 0 Å². The van der Waals surface area contributed by atoms with E-state index in [4.69, 9.17) is 5.26 Å². The fraction of sp³-hybridized carbons (Fsp3) is 0.167. The van der Waals surface area contributed by atoms with E-state index < -0.39 is 17.6 Å². The van der Waals surface area contributed by atoms with Crippen molar-refractivity contribution in [3.63, 3.8) is 0 Å². The number of hydrogen-bond acceptors (Lipinski definition) is 6. The first kappa shape index (κ1) is 11.9. The third-order valence-corrected chi connectivity index (χ3v) is 0.895. The lowest BCUT2D eigenvalue weighted by Crippen LogP contribution is -2.41. The molecule has 0 bridgehead atoms. The van der Waals surface area contributed by atoms with Crippen molar-refractivity contribution in [1.29, 1.82) is 5.26 Å². The van der Waals surface area contributed by atoms with Gasteiger partial charge in [0.25, 0.3) is 5.91 Å². The van der Waals surface area contributed by atoms with Crippen molar-refractivity contribution in [3.8, 4) is 6.07 Å². The number of nitrogens with zero attached hydrogens (tertiary/aromatic N) is 2. The molecule has 0 rings (SSSR count). The van der Waals surface area contributed by atoms with Gasteiger partial charge in [0.2, 0.25) is 5.71 Å². The molecule has 0 aliphatic carbocycles. The van der Waals surface area contributed by atoms with Gasteiger partial charge in [0.15, 0.2) is 0 Å². The van der Waals surface area contributed by atoms with Crippen molar-refractivity contribution >= 4 is 17.6 Å². The molecule has 75 valence electrons. The van der Waals surface area contributed by atoms with E-state index in [1.165, 1.54) is 6.07 Å². The number of carbonyl (C=O) groups excluding carboxylic acids is 2. The van der Waals surface area contributed by atoms with Gasteiger partial charge in [0, 0.05) is 0 Å². The number of nitriles is 1. The molecule has 0 heterocycles. The topological polar surface area (TPSA) is 113 Å². The number of rotatable bonds is 3. The summed E-state index contributed by atoms with van der Waals surface area (Å²) in [5.41, 5.74) is 1.12. The Morgan fingerprint density at radius 3 is 2.64 bits per heavy atom. The lowest BCUT2D eigenvalue weighted by atomic mass is 10.4. The van der Waals surface area contributed by atoms with Crippen LogP contribution in [0.4, 0.5) is 4.79 Å². The Bertz CT molecular complexity index is 293. The second-order valence-corrected chi connectivity index (χ2v) is 1.76. The fourth-order valence-electron chi connectivity index (χ4n) is 0.457. The van der Waals surface area contributed by atoms with E-state index in [1.807, 2.05) is 0 Å². The van der Waals surface area contributed by atoms with Crippen LogP contribution in [0, 0.1) is 18.4 Å². The van der Waals surface area contributed by atoms with Gasteiger partial charge >= 0.3 is 6.03 Å². The maximum absolute atomic E-state index is 11.0. The average Bonchev–Trinajstić information content (AvgIpc) is 2.14. The molecule has 0 fully saturated rings. The second-order valence-electron chi connectivity index (χ2n) is 1.76. The maximum atomic E-state index is 11.0. The first-order chi connectivity index (χ1) is 6.65. The van der Waals surface area contributed by atoms with E-state index in [-0.39, 0.29) is 0 Å². The molecule has 1 radical (unpaired) electrons. The molecule has 0 unspecified atom stereocenters. The summed E-state index contributed by atoms with van der Waals surface area (Å²) >= 11 is 0. The summed E-state index contributed by atoms with van der Waals surface area (Å²) in [5.74, 6) is -1.01. The number of urea groups is 1. The van der Waals surface area contributed by atoms with E-state index in [0.29, 0.717) is 0 Å². The summed E-state index contributed by atoms with van der Waals surface area (Å²) in [6.07, 6.45) is 0. The van der Waals surface area contributed by atoms with Crippen LogP contribution in [0.25, 0.3) is 0 Å². The highest BCUT2D eigenvalue weighted by Crippen LogP contribution is 1.79. The van der Waals surface area contributed by atoms with Crippen LogP contribution < -0.4 is 10.8 Å². The third-order valence-electron chi connectivity index (χ3n) is 0.895. The normalized spacial score (nSPS) is 9.93. The van der Waals surface area contributed by atoms with E-state index in [0.717, 1.165) is 7.11 Å². The monoisotopic (exact) mass is 199 g/mol. The number of imide groups is 1. The maximum Gasteiger partial charge on any atom is 0.345 e. The van der Waals surface area contributed by atoms with E-state index in [2.05, 4.69) is 21.9 Å². The quantitative estimate of drug-likeness (QED) is 0.450. The van der Waals surface area contributed by atoms with Gasteiger partial charge in [-0.25, -0.2) is 10.3 Å². The molecule has 0 aromatic carbocycles. The predicted octanol–water partition coefficient (Wildman–Crippen LogP) is -0.939. The van der Waals surface area contributed by atoms with Crippen molar-refractivity contribution in [2.75, 3.05) is 7.11 Å². The Hall–Kier alpha value is -2.14. The Kier molecular flexibility index (Phi) is 5.41. The van der Waals surface area contributed by atoms with E-state index in [9.17, 15) is 9.59 Å². The van der Waals surface area contributed by atoms with Crippen LogP contribution in [0.15, 0.2) is 5.16 Å². The van der Waals surface area contributed by atoms with Crippen LogP contribution in [-0.4, -0.2) is 24.8 Å². The van der Waals surface area contributed by atoms with Crippen molar-refractivity contribution in [2.45, 2.75) is 0 Å². The van der Waals surface area contributed by atoms with Gasteiger partial charge in [0.05, 0.1) is 0 Å². The van der Waals surface area contributed by atoms with Crippen LogP contribution in [0.2, 0.25) is 0 Å². The highest BCUT2D eigenvalue weighted by Gasteiger charge is 2.14.